The van der Waals surface area contributed by atoms with Crippen LogP contribution in [0.25, 0.3) is 27.9 Å². The van der Waals surface area contributed by atoms with E-state index >= 15 is 14.4 Å². The number of phenolic OH excluding ortho intramolecular Hbond substituents is 3. The minimum Gasteiger partial charge on any atom is -0.508 e. The zero-order valence-electron chi connectivity index (χ0n) is 57.8. The Hall–Kier alpha value is -13.3. The standard InChI is InChI=1S/C67H78N14O28/c1-4-5-44-55(109-44)66(106)77-43(25-82)61(101)80-51-27(3)108-67(107)42(16-30-23-70-37-13-11-33(85)18-35(30)37)76-62(102)50(26(2)14-46(87)88)79-65(105)53(54(95)56(68)96)78-45(86)24-71-57(97)39(19-47(89)90)75-64(104)52(28-6-8-31(83)9-7-28)81-60(100)41(21-49(93)94)73-59(99)40(20-48(91)92)72-58(98)38(74-63(51)103)15-29-22-69-36-12-10-32(84)17-34(29)36/h6-13,16-18,22-23,26-27,38-41,43-44,50-55,69-70,82-85,95H,4-5,14-15,19-21,24-25H2,1-3H3,(H2,68,96)(H,71,97)(H,72,98)(H,73,99)(H,74,103)(H,75,104)(H,76,102)(H,77,106)(H,78,86)(H,79,105)(H,80,101)(H,81,100)(H,87,88)(H,89,90)(H,91,92)(H,93,94)/b42-16-/t26-,27-,38-,39+,40+,41+,43+,44-,50+,51+,52-,53+,54+,55+/m1/s1. The summed E-state index contributed by atoms with van der Waals surface area (Å²) in [6.45, 7) is 1.21. The molecule has 42 heteroatoms. The van der Waals surface area contributed by atoms with Gasteiger partial charge in [-0.15, -0.1) is 0 Å². The summed E-state index contributed by atoms with van der Waals surface area (Å²) in [5, 5.41) is 116. The highest BCUT2D eigenvalue weighted by molar-refractivity contribution is 6.05. The molecular weight excluding hydrogens is 1450 g/mol. The molecule has 0 spiro atoms. The molecule has 24 N–H and O–H groups in total. The van der Waals surface area contributed by atoms with Gasteiger partial charge in [-0.2, -0.15) is 0 Å². The van der Waals surface area contributed by atoms with Crippen LogP contribution in [0.3, 0.4) is 0 Å². The van der Waals surface area contributed by atoms with Gasteiger partial charge in [0.05, 0.1) is 44.9 Å². The first-order chi connectivity index (χ1) is 51.4. The maximum absolute atomic E-state index is 15.4. The molecule has 0 unspecified atom stereocenters. The highest BCUT2D eigenvalue weighted by atomic mass is 16.6. The highest BCUT2D eigenvalue weighted by Gasteiger charge is 2.46. The van der Waals surface area contributed by atoms with Crippen molar-refractivity contribution in [3.05, 3.63) is 95.4 Å². The summed E-state index contributed by atoms with van der Waals surface area (Å²) in [5.41, 5.74) is 4.53. The Balaban J connectivity index is 1.40. The molecule has 7 rings (SSSR count). The minimum absolute atomic E-state index is 0.0537. The number of primary amides is 1. The number of aliphatic hydroxyl groups is 2. The number of carboxylic acid groups (broad SMARTS) is 4. The number of aromatic hydroxyl groups is 3. The van der Waals surface area contributed by atoms with Crippen LogP contribution < -0.4 is 64.2 Å². The van der Waals surface area contributed by atoms with Crippen LogP contribution in [0.2, 0.25) is 0 Å². The average Bonchev–Trinajstić information content (AvgIpc) is 1.76. The van der Waals surface area contributed by atoms with E-state index in [-0.39, 0.29) is 50.0 Å². The molecule has 4 heterocycles. The van der Waals surface area contributed by atoms with E-state index in [9.17, 15) is 113 Å². The number of aliphatic carboxylic acids is 4. The zero-order chi connectivity index (χ0) is 80.4. The lowest BCUT2D eigenvalue weighted by Gasteiger charge is -2.29. The third-order valence-corrected chi connectivity index (χ3v) is 16.9. The zero-order valence-corrected chi connectivity index (χ0v) is 57.8. The van der Waals surface area contributed by atoms with Crippen molar-refractivity contribution in [1.29, 1.82) is 0 Å². The molecule has 0 aliphatic carbocycles. The van der Waals surface area contributed by atoms with Gasteiger partial charge in [0.15, 0.2) is 12.2 Å². The number of fused-ring (bicyclic) bond motifs is 2. The van der Waals surface area contributed by atoms with Gasteiger partial charge < -0.3 is 130 Å². The van der Waals surface area contributed by atoms with E-state index < -0.39 is 242 Å². The first-order valence-electron chi connectivity index (χ1n) is 33.2. The molecule has 14 atom stereocenters. The van der Waals surface area contributed by atoms with Crippen LogP contribution in [0.5, 0.6) is 17.2 Å². The van der Waals surface area contributed by atoms with Crippen molar-refractivity contribution in [3.8, 4) is 17.2 Å². The van der Waals surface area contributed by atoms with Gasteiger partial charge >= 0.3 is 29.8 Å². The Morgan fingerprint density at radius 3 is 1.74 bits per heavy atom. The van der Waals surface area contributed by atoms with E-state index in [1.54, 1.807) is 6.92 Å². The minimum atomic E-state index is -2.77. The number of esters is 1. The van der Waals surface area contributed by atoms with Crippen LogP contribution in [0.15, 0.2) is 78.8 Å². The molecule has 0 radical (unpaired) electrons. The SMILES string of the molecule is CCC[C@H]1O[C@@H]1C(=O)N[C@@H](CO)C(=O)N[C@@H]1C(=O)N[C@H](Cc2c[nH]c3ccc(O)cc23)C(=O)N[C@@H](CC(=O)O)C(=O)N[C@@H](CC(=O)O)C(=O)N[C@H](c2ccc(O)cc2)C(=O)N[C@@H](CC(=O)O)C(=O)NCC(=O)N[C@@H]([C@H](O)C(N)=O)C(=O)N[C@@H]([C@H](C)CC(=O)O)C(=O)N/C(=C\c2c[nH]c3ccc(O)cc23)C(=O)O[C@@H]1C. The normalized spacial score (nSPS) is 23.9. The topological polar surface area (TPSA) is 684 Å². The van der Waals surface area contributed by atoms with E-state index in [2.05, 4.69) is 47.2 Å². The van der Waals surface area contributed by atoms with Crippen LogP contribution in [0.1, 0.15) is 82.0 Å². The molecule has 2 aromatic heterocycles. The molecule has 0 saturated carbocycles. The van der Waals surface area contributed by atoms with Gasteiger partial charge in [-0.05, 0) is 85.0 Å². The molecule has 584 valence electrons. The van der Waals surface area contributed by atoms with Gasteiger partial charge in [-0.3, -0.25) is 76.7 Å². The maximum atomic E-state index is 15.4. The lowest BCUT2D eigenvalue weighted by Crippen LogP contribution is -2.62. The largest absolute Gasteiger partial charge is 0.508 e. The molecule has 3 aromatic carbocycles. The summed E-state index contributed by atoms with van der Waals surface area (Å²) in [6, 6.07) is -9.13. The average molecular weight is 1530 g/mol. The van der Waals surface area contributed by atoms with Crippen molar-refractivity contribution in [2.24, 2.45) is 11.7 Å². The Bertz CT molecular complexity index is 4400. The fourth-order valence-corrected chi connectivity index (χ4v) is 11.3. The van der Waals surface area contributed by atoms with Gasteiger partial charge in [0, 0.05) is 46.2 Å². The number of rotatable bonds is 22. The van der Waals surface area contributed by atoms with E-state index in [4.69, 9.17) is 15.2 Å². The van der Waals surface area contributed by atoms with Gasteiger partial charge in [-0.25, -0.2) is 4.79 Å². The highest BCUT2D eigenvalue weighted by Crippen LogP contribution is 2.29. The number of carboxylic acids is 4. The summed E-state index contributed by atoms with van der Waals surface area (Å²) < 4.78 is 11.2. The predicted molar refractivity (Wildman–Crippen MR) is 367 cm³/mol. The fraction of sp³-hybridized carbons (Fsp3) is 0.388. The van der Waals surface area contributed by atoms with E-state index in [0.29, 0.717) is 12.8 Å². The van der Waals surface area contributed by atoms with E-state index in [1.165, 1.54) is 48.8 Å². The third-order valence-electron chi connectivity index (χ3n) is 16.9. The number of aliphatic hydroxyl groups excluding tert-OH is 2. The van der Waals surface area contributed by atoms with Crippen molar-refractivity contribution >= 4 is 129 Å². The lowest BCUT2D eigenvalue weighted by molar-refractivity contribution is -0.150. The molecule has 109 heavy (non-hydrogen) atoms. The molecule has 5 aromatic rings. The molecule has 2 aliphatic rings. The number of nitrogens with one attached hydrogen (secondary N) is 13. The molecular formula is C67H78N14O28. The number of amides is 12. The second kappa shape index (κ2) is 37.1. The summed E-state index contributed by atoms with van der Waals surface area (Å²) >= 11 is 0. The number of hydrogen-bond donors (Lipinski definition) is 23. The Kier molecular flexibility index (Phi) is 28.3. The molecule has 2 fully saturated rings. The quantitative estimate of drug-likeness (QED) is 0.0174. The first kappa shape index (κ1) is 83.0. The Morgan fingerprint density at radius 2 is 1.17 bits per heavy atom. The number of hydrogen-bond acceptors (Lipinski definition) is 24. The predicted octanol–water partition coefficient (Wildman–Crippen LogP) is -5.80. The number of ether oxygens (including phenoxy) is 2. The van der Waals surface area contributed by atoms with Crippen molar-refractivity contribution in [2.45, 2.75) is 145 Å². The number of H-pyrrole nitrogens is 2. The Labute approximate surface area is 614 Å². The number of aromatic amines is 2. The summed E-state index contributed by atoms with van der Waals surface area (Å²) in [5.74, 6) is -30.0. The van der Waals surface area contributed by atoms with Crippen molar-refractivity contribution in [3.63, 3.8) is 0 Å². The third kappa shape index (κ3) is 22.9. The summed E-state index contributed by atoms with van der Waals surface area (Å²) in [7, 11) is 0. The monoisotopic (exact) mass is 1530 g/mol. The van der Waals surface area contributed by atoms with E-state index in [1.807, 2.05) is 21.3 Å². The van der Waals surface area contributed by atoms with Crippen molar-refractivity contribution in [2.75, 3.05) is 13.2 Å². The van der Waals surface area contributed by atoms with E-state index in [0.717, 1.165) is 44.2 Å². The maximum Gasteiger partial charge on any atom is 0.355 e. The molecule has 2 aliphatic heterocycles. The number of epoxide rings is 1. The lowest BCUT2D eigenvalue weighted by atomic mass is 9.96. The molecule has 2 saturated heterocycles. The van der Waals surface area contributed by atoms with Crippen molar-refractivity contribution < 1.29 is 137 Å². The summed E-state index contributed by atoms with van der Waals surface area (Å²) in [4.78, 5) is 241. The van der Waals surface area contributed by atoms with Crippen LogP contribution in [0.4, 0.5) is 0 Å². The number of carbonyl (C=O) groups is 17. The van der Waals surface area contributed by atoms with Gasteiger partial charge in [0.25, 0.3) is 5.91 Å². The van der Waals surface area contributed by atoms with Crippen LogP contribution in [0, 0.1) is 5.92 Å². The Morgan fingerprint density at radius 1 is 0.624 bits per heavy atom. The number of nitrogens with two attached hydrogens (primary N) is 1. The number of carbonyl (C=O) groups excluding carboxylic acids is 13. The molecule has 12 amide bonds. The fourth-order valence-electron chi connectivity index (χ4n) is 11.3. The molecule has 0 bridgehead atoms. The molecule has 42 nitrogen and oxygen atoms in total. The number of phenols is 3. The van der Waals surface area contributed by atoms with Gasteiger partial charge in [0.1, 0.15) is 83.4 Å². The van der Waals surface area contributed by atoms with Crippen LogP contribution >= 0.6 is 0 Å². The smallest absolute Gasteiger partial charge is 0.355 e. The number of cyclic esters (lactones) is 1. The summed E-state index contributed by atoms with van der Waals surface area (Å²) in [6.07, 6.45) is -8.28. The van der Waals surface area contributed by atoms with Crippen LogP contribution in [-0.4, -0.2) is 243 Å². The van der Waals surface area contributed by atoms with Crippen LogP contribution in [-0.2, 0) is 97.4 Å². The van der Waals surface area contributed by atoms with Gasteiger partial charge in [0.2, 0.25) is 65.0 Å². The second-order valence-electron chi connectivity index (χ2n) is 25.2. The second-order valence-corrected chi connectivity index (χ2v) is 25.2. The number of benzene rings is 3. The number of aromatic nitrogens is 2. The first-order valence-corrected chi connectivity index (χ1v) is 33.2. The van der Waals surface area contributed by atoms with Crippen molar-refractivity contribution in [1.82, 2.24) is 68.5 Å². The van der Waals surface area contributed by atoms with Gasteiger partial charge in [-0.1, -0.05) is 32.4 Å².